The molecule has 0 spiro atoms. The standard InChI is InChI=1S/C14H22N4OS/c1-8(2)12-13(20-17-16-12)14(19)18-6-9-3-4-11(15)5-10(9)7-18/h8-11H,3-7,15H2,1-2H3/t9-,10+,11?/m1/s1. The van der Waals surface area contributed by atoms with E-state index in [4.69, 9.17) is 5.73 Å². The Balaban J connectivity index is 1.74. The van der Waals surface area contributed by atoms with Crippen LogP contribution in [-0.4, -0.2) is 39.5 Å². The molecule has 1 saturated carbocycles. The first-order valence-corrected chi connectivity index (χ1v) is 8.20. The molecule has 0 aromatic carbocycles. The number of amides is 1. The summed E-state index contributed by atoms with van der Waals surface area (Å²) in [4.78, 5) is 15.4. The molecule has 1 aliphatic carbocycles. The SMILES string of the molecule is CC(C)c1nnsc1C(=O)N1C[C@H]2CCC(N)C[C@H]2C1. The van der Waals surface area contributed by atoms with Crippen molar-refractivity contribution >= 4 is 17.4 Å². The molecule has 2 heterocycles. The van der Waals surface area contributed by atoms with Crippen molar-refractivity contribution in [2.75, 3.05) is 13.1 Å². The van der Waals surface area contributed by atoms with Crippen LogP contribution in [-0.2, 0) is 0 Å². The lowest BCUT2D eigenvalue weighted by Gasteiger charge is -2.27. The Morgan fingerprint density at radius 2 is 2.10 bits per heavy atom. The molecule has 3 rings (SSSR count). The van der Waals surface area contributed by atoms with Gasteiger partial charge in [-0.05, 0) is 48.5 Å². The average Bonchev–Trinajstić information content (AvgIpc) is 3.03. The van der Waals surface area contributed by atoms with Crippen molar-refractivity contribution in [3.63, 3.8) is 0 Å². The van der Waals surface area contributed by atoms with Gasteiger partial charge in [-0.3, -0.25) is 4.79 Å². The second-order valence-corrected chi connectivity index (χ2v) is 7.20. The summed E-state index contributed by atoms with van der Waals surface area (Å²) in [5.41, 5.74) is 6.89. The molecule has 1 aliphatic heterocycles. The van der Waals surface area contributed by atoms with Gasteiger partial charge in [0, 0.05) is 19.1 Å². The zero-order valence-electron chi connectivity index (χ0n) is 12.1. The first-order valence-electron chi connectivity index (χ1n) is 7.43. The van der Waals surface area contributed by atoms with Gasteiger partial charge in [-0.1, -0.05) is 18.3 Å². The molecule has 2 N–H and O–H groups in total. The minimum atomic E-state index is 0.117. The second-order valence-electron chi connectivity index (χ2n) is 6.45. The van der Waals surface area contributed by atoms with Crippen LogP contribution < -0.4 is 5.73 Å². The molecule has 1 unspecified atom stereocenters. The van der Waals surface area contributed by atoms with E-state index in [9.17, 15) is 4.79 Å². The molecule has 5 nitrogen and oxygen atoms in total. The smallest absolute Gasteiger partial charge is 0.267 e. The van der Waals surface area contributed by atoms with Crippen LogP contribution in [0.3, 0.4) is 0 Å². The fourth-order valence-corrected chi connectivity index (χ4v) is 4.29. The number of fused-ring (bicyclic) bond motifs is 1. The number of carbonyl (C=O) groups is 1. The Hall–Kier alpha value is -1.01. The number of hydrogen-bond donors (Lipinski definition) is 1. The Bertz CT molecular complexity index is 501. The molecule has 1 aromatic rings. The Morgan fingerprint density at radius 1 is 1.35 bits per heavy atom. The van der Waals surface area contributed by atoms with Gasteiger partial charge in [-0.15, -0.1) is 5.10 Å². The van der Waals surface area contributed by atoms with E-state index in [1.54, 1.807) is 0 Å². The van der Waals surface area contributed by atoms with E-state index >= 15 is 0 Å². The first kappa shape index (κ1) is 13.9. The van der Waals surface area contributed by atoms with Gasteiger partial charge in [0.2, 0.25) is 0 Å². The molecule has 1 aromatic heterocycles. The third kappa shape index (κ3) is 2.46. The van der Waals surface area contributed by atoms with Gasteiger partial charge >= 0.3 is 0 Å². The molecular formula is C14H22N4OS. The zero-order valence-corrected chi connectivity index (χ0v) is 12.9. The number of aromatic nitrogens is 2. The number of nitrogens with zero attached hydrogens (tertiary/aromatic N) is 3. The lowest BCUT2D eigenvalue weighted by atomic mass is 9.79. The third-order valence-electron chi connectivity index (χ3n) is 4.63. The fraction of sp³-hybridized carbons (Fsp3) is 0.786. The minimum Gasteiger partial charge on any atom is -0.337 e. The van der Waals surface area contributed by atoms with Crippen LogP contribution in [0.4, 0.5) is 0 Å². The van der Waals surface area contributed by atoms with Crippen LogP contribution in [0.15, 0.2) is 0 Å². The predicted molar refractivity (Wildman–Crippen MR) is 78.7 cm³/mol. The summed E-state index contributed by atoms with van der Waals surface area (Å²) < 4.78 is 3.96. The van der Waals surface area contributed by atoms with Crippen molar-refractivity contribution in [3.8, 4) is 0 Å². The van der Waals surface area contributed by atoms with E-state index in [1.807, 2.05) is 4.90 Å². The van der Waals surface area contributed by atoms with E-state index in [0.29, 0.717) is 17.9 Å². The molecule has 1 amide bonds. The van der Waals surface area contributed by atoms with Crippen LogP contribution in [0.2, 0.25) is 0 Å². The summed E-state index contributed by atoms with van der Waals surface area (Å²) in [5.74, 6) is 1.59. The van der Waals surface area contributed by atoms with Crippen molar-refractivity contribution in [3.05, 3.63) is 10.6 Å². The van der Waals surface area contributed by atoms with Gasteiger partial charge in [0.1, 0.15) is 4.88 Å². The molecule has 0 bridgehead atoms. The monoisotopic (exact) mass is 294 g/mol. The summed E-state index contributed by atoms with van der Waals surface area (Å²) >= 11 is 1.23. The highest BCUT2D eigenvalue weighted by molar-refractivity contribution is 7.08. The summed E-state index contributed by atoms with van der Waals surface area (Å²) in [6, 6.07) is 0.322. The van der Waals surface area contributed by atoms with Crippen LogP contribution in [0.25, 0.3) is 0 Å². The van der Waals surface area contributed by atoms with Gasteiger partial charge in [0.15, 0.2) is 0 Å². The topological polar surface area (TPSA) is 72.1 Å². The average molecular weight is 294 g/mol. The molecule has 20 heavy (non-hydrogen) atoms. The van der Waals surface area contributed by atoms with E-state index < -0.39 is 0 Å². The van der Waals surface area contributed by atoms with E-state index in [2.05, 4.69) is 23.4 Å². The largest absolute Gasteiger partial charge is 0.337 e. The highest BCUT2D eigenvalue weighted by Crippen LogP contribution is 2.36. The third-order valence-corrected chi connectivity index (χ3v) is 5.36. The van der Waals surface area contributed by atoms with Crippen molar-refractivity contribution in [2.24, 2.45) is 17.6 Å². The number of hydrogen-bond acceptors (Lipinski definition) is 5. The second kappa shape index (κ2) is 5.41. The summed E-state index contributed by atoms with van der Waals surface area (Å²) in [6.07, 6.45) is 3.32. The molecule has 2 fully saturated rings. The van der Waals surface area contributed by atoms with Gasteiger partial charge in [0.25, 0.3) is 5.91 Å². The number of likely N-dealkylation sites (tertiary alicyclic amines) is 1. The Morgan fingerprint density at radius 3 is 2.85 bits per heavy atom. The van der Waals surface area contributed by atoms with Gasteiger partial charge < -0.3 is 10.6 Å². The maximum Gasteiger partial charge on any atom is 0.267 e. The van der Waals surface area contributed by atoms with Gasteiger partial charge in [0.05, 0.1) is 5.69 Å². The lowest BCUT2D eigenvalue weighted by molar-refractivity contribution is 0.0787. The van der Waals surface area contributed by atoms with E-state index in [-0.39, 0.29) is 11.8 Å². The first-order chi connectivity index (χ1) is 9.56. The number of rotatable bonds is 2. The van der Waals surface area contributed by atoms with Crippen molar-refractivity contribution < 1.29 is 4.79 Å². The number of nitrogens with two attached hydrogens (primary N) is 1. The van der Waals surface area contributed by atoms with Crippen LogP contribution in [0, 0.1) is 11.8 Å². The highest BCUT2D eigenvalue weighted by atomic mass is 32.1. The van der Waals surface area contributed by atoms with Gasteiger partial charge in [-0.25, -0.2) is 0 Å². The number of carbonyl (C=O) groups excluding carboxylic acids is 1. The molecule has 3 atom stereocenters. The van der Waals surface area contributed by atoms with Crippen LogP contribution in [0.1, 0.15) is 54.4 Å². The molecule has 6 heteroatoms. The molecule has 1 saturated heterocycles. The summed E-state index contributed by atoms with van der Waals surface area (Å²) in [7, 11) is 0. The fourth-order valence-electron chi connectivity index (χ4n) is 3.50. The predicted octanol–water partition coefficient (Wildman–Crippen LogP) is 1.86. The molecule has 110 valence electrons. The van der Waals surface area contributed by atoms with Crippen LogP contribution >= 0.6 is 11.5 Å². The highest BCUT2D eigenvalue weighted by Gasteiger charge is 2.39. The Kier molecular flexibility index (Phi) is 3.77. The van der Waals surface area contributed by atoms with Crippen molar-refractivity contribution in [1.82, 2.24) is 14.5 Å². The minimum absolute atomic E-state index is 0.117. The lowest BCUT2D eigenvalue weighted by Crippen LogP contribution is -2.32. The van der Waals surface area contributed by atoms with E-state index in [0.717, 1.165) is 42.9 Å². The van der Waals surface area contributed by atoms with Crippen molar-refractivity contribution in [2.45, 2.75) is 45.1 Å². The van der Waals surface area contributed by atoms with Crippen molar-refractivity contribution in [1.29, 1.82) is 0 Å². The van der Waals surface area contributed by atoms with E-state index in [1.165, 1.54) is 11.5 Å². The molecule has 2 aliphatic rings. The summed E-state index contributed by atoms with van der Waals surface area (Å²) in [6.45, 7) is 5.84. The molecule has 0 radical (unpaired) electrons. The maximum absolute atomic E-state index is 12.7. The summed E-state index contributed by atoms with van der Waals surface area (Å²) in [5, 5.41) is 4.11. The van der Waals surface area contributed by atoms with Gasteiger partial charge in [-0.2, -0.15) is 0 Å². The Labute approximate surface area is 123 Å². The quantitative estimate of drug-likeness (QED) is 0.903. The van der Waals surface area contributed by atoms with Crippen LogP contribution in [0.5, 0.6) is 0 Å². The zero-order chi connectivity index (χ0) is 14.3. The normalized spacial score (nSPS) is 29.8. The molecular weight excluding hydrogens is 272 g/mol. The maximum atomic E-state index is 12.7.